The van der Waals surface area contributed by atoms with Crippen molar-refractivity contribution in [3.8, 4) is 0 Å². The van der Waals surface area contributed by atoms with E-state index in [9.17, 15) is 9.36 Å². The van der Waals surface area contributed by atoms with Crippen molar-refractivity contribution in [1.82, 2.24) is 5.06 Å². The maximum atomic E-state index is 11.4. The highest BCUT2D eigenvalue weighted by Gasteiger charge is 2.26. The van der Waals surface area contributed by atoms with Crippen LogP contribution in [0.2, 0.25) is 0 Å². The summed E-state index contributed by atoms with van der Waals surface area (Å²) in [4.78, 5) is 29.5. The van der Waals surface area contributed by atoms with E-state index in [0.29, 0.717) is 10.6 Å². The van der Waals surface area contributed by atoms with Crippen LogP contribution in [0, 0.1) is 0 Å². The summed E-state index contributed by atoms with van der Waals surface area (Å²) in [5.74, 6) is -1.20. The van der Waals surface area contributed by atoms with Crippen LogP contribution in [-0.4, -0.2) is 39.2 Å². The Morgan fingerprint density at radius 1 is 1.33 bits per heavy atom. The van der Waals surface area contributed by atoms with Gasteiger partial charge >= 0.3 is 7.60 Å². The van der Waals surface area contributed by atoms with Crippen molar-refractivity contribution in [2.75, 3.05) is 13.2 Å². The zero-order valence-corrected chi connectivity index (χ0v) is 10.8. The summed E-state index contributed by atoms with van der Waals surface area (Å²) in [6.07, 6.45) is -0.571. The van der Waals surface area contributed by atoms with E-state index in [1.165, 1.54) is 7.05 Å². The van der Waals surface area contributed by atoms with Gasteiger partial charge in [-0.1, -0.05) is 30.3 Å². The van der Waals surface area contributed by atoms with Crippen LogP contribution in [-0.2, 0) is 9.36 Å². The molecule has 3 N–H and O–H groups in total. The highest BCUT2D eigenvalue weighted by atomic mass is 31.2. The number of rotatable bonds is 5. The maximum absolute atomic E-state index is 11.4. The normalized spacial score (nSPS) is 13.1. The molecule has 1 rings (SSSR count). The number of hydrogen-bond donors (Lipinski definition) is 3. The maximum Gasteiger partial charge on any atom is 0.326 e. The van der Waals surface area contributed by atoms with E-state index in [4.69, 9.17) is 15.0 Å². The van der Waals surface area contributed by atoms with E-state index in [-0.39, 0.29) is 6.42 Å². The Bertz CT molecular complexity index is 442. The van der Waals surface area contributed by atoms with Crippen LogP contribution in [0.15, 0.2) is 30.3 Å². The molecular weight excluding hydrogens is 257 g/mol. The lowest BCUT2D eigenvalue weighted by atomic mass is 9.97. The van der Waals surface area contributed by atoms with Gasteiger partial charge in [0.15, 0.2) is 0 Å². The third-order valence-electron chi connectivity index (χ3n) is 2.51. The van der Waals surface area contributed by atoms with Crippen molar-refractivity contribution in [1.29, 1.82) is 0 Å². The number of amides is 1. The molecule has 0 fully saturated rings. The number of carbonyl (C=O) groups is 1. The Kier molecular flexibility index (Phi) is 5.04. The fourth-order valence-electron chi connectivity index (χ4n) is 1.64. The minimum absolute atomic E-state index is 0.151. The summed E-state index contributed by atoms with van der Waals surface area (Å²) in [5.41, 5.74) is 0.663. The average Bonchev–Trinajstić information content (AvgIpc) is 2.27. The van der Waals surface area contributed by atoms with Crippen LogP contribution in [0.1, 0.15) is 17.9 Å². The van der Waals surface area contributed by atoms with Gasteiger partial charge < -0.3 is 9.79 Å². The summed E-state index contributed by atoms with van der Waals surface area (Å²) < 4.78 is 11.1. The van der Waals surface area contributed by atoms with Gasteiger partial charge in [-0.25, -0.2) is 5.06 Å². The first-order valence-corrected chi connectivity index (χ1v) is 7.14. The number of hydrogen-bond acceptors (Lipinski definition) is 3. The fraction of sp³-hybridized carbons (Fsp3) is 0.364. The van der Waals surface area contributed by atoms with E-state index < -0.39 is 25.6 Å². The molecule has 1 aromatic carbocycles. The standard InChI is InChI=1S/C11H16NO5P/c1-12(14)11(13)7-10(8-18(15,16)17)9-5-3-2-4-6-9/h2-6,10,14H,7-8H2,1H3,(H2,15,16,17). The van der Waals surface area contributed by atoms with Crippen molar-refractivity contribution in [2.45, 2.75) is 12.3 Å². The summed E-state index contributed by atoms with van der Waals surface area (Å²) in [7, 11) is -3.04. The smallest absolute Gasteiger partial charge is 0.324 e. The van der Waals surface area contributed by atoms with Gasteiger partial charge in [0, 0.05) is 19.4 Å². The fourth-order valence-corrected chi connectivity index (χ4v) is 2.56. The molecule has 0 saturated carbocycles. The molecule has 1 atom stereocenters. The Balaban J connectivity index is 2.89. The third-order valence-corrected chi connectivity index (χ3v) is 3.43. The summed E-state index contributed by atoms with van der Waals surface area (Å²) in [5, 5.41) is 9.43. The van der Waals surface area contributed by atoms with E-state index in [0.717, 1.165) is 0 Å². The molecular formula is C11H16NO5P. The zero-order chi connectivity index (χ0) is 13.8. The molecule has 7 heteroatoms. The SMILES string of the molecule is CN(O)C(=O)CC(CP(=O)(O)O)c1ccccc1. The number of hydroxylamine groups is 2. The molecule has 6 nitrogen and oxygen atoms in total. The highest BCUT2D eigenvalue weighted by Crippen LogP contribution is 2.41. The molecule has 0 aliphatic rings. The molecule has 0 aliphatic carbocycles. The second-order valence-corrected chi connectivity index (χ2v) is 5.77. The van der Waals surface area contributed by atoms with Crippen molar-refractivity contribution in [2.24, 2.45) is 0 Å². The van der Waals surface area contributed by atoms with Crippen molar-refractivity contribution >= 4 is 13.5 Å². The van der Waals surface area contributed by atoms with E-state index in [1.807, 2.05) is 0 Å². The molecule has 100 valence electrons. The van der Waals surface area contributed by atoms with Gasteiger partial charge in [-0.05, 0) is 5.56 Å². The Hall–Kier alpha value is -1.20. The van der Waals surface area contributed by atoms with Crippen LogP contribution in [0.3, 0.4) is 0 Å². The van der Waals surface area contributed by atoms with Gasteiger partial charge in [0.25, 0.3) is 0 Å². The monoisotopic (exact) mass is 273 g/mol. The lowest BCUT2D eigenvalue weighted by Crippen LogP contribution is -2.25. The van der Waals surface area contributed by atoms with E-state index in [1.54, 1.807) is 30.3 Å². The van der Waals surface area contributed by atoms with Crippen LogP contribution in [0.5, 0.6) is 0 Å². The molecule has 0 heterocycles. The quantitative estimate of drug-likeness (QED) is 0.425. The number of carbonyl (C=O) groups excluding carboxylic acids is 1. The lowest BCUT2D eigenvalue weighted by Gasteiger charge is -2.19. The predicted octanol–water partition coefficient (Wildman–Crippen LogP) is 1.19. The second-order valence-electron chi connectivity index (χ2n) is 4.08. The molecule has 0 aliphatic heterocycles. The van der Waals surface area contributed by atoms with Crippen molar-refractivity contribution in [3.63, 3.8) is 0 Å². The van der Waals surface area contributed by atoms with Gasteiger partial charge in [-0.2, -0.15) is 0 Å². The molecule has 0 radical (unpaired) electrons. The second kappa shape index (κ2) is 6.11. The molecule has 18 heavy (non-hydrogen) atoms. The first-order chi connectivity index (χ1) is 8.29. The topological polar surface area (TPSA) is 98.1 Å². The van der Waals surface area contributed by atoms with Gasteiger partial charge in [0.05, 0.1) is 6.16 Å². The largest absolute Gasteiger partial charge is 0.326 e. The van der Waals surface area contributed by atoms with Crippen LogP contribution >= 0.6 is 7.60 Å². The first kappa shape index (κ1) is 14.9. The average molecular weight is 273 g/mol. The van der Waals surface area contributed by atoms with Crippen LogP contribution in [0.25, 0.3) is 0 Å². The van der Waals surface area contributed by atoms with E-state index in [2.05, 4.69) is 0 Å². The van der Waals surface area contributed by atoms with Crippen molar-refractivity contribution < 1.29 is 24.4 Å². The highest BCUT2D eigenvalue weighted by molar-refractivity contribution is 7.51. The molecule has 0 bridgehead atoms. The van der Waals surface area contributed by atoms with E-state index >= 15 is 0 Å². The first-order valence-electron chi connectivity index (χ1n) is 5.34. The Morgan fingerprint density at radius 3 is 2.33 bits per heavy atom. The third kappa shape index (κ3) is 4.98. The Morgan fingerprint density at radius 2 is 1.89 bits per heavy atom. The Labute approximate surface area is 105 Å². The molecule has 0 spiro atoms. The number of nitrogens with zero attached hydrogens (tertiary/aromatic N) is 1. The predicted molar refractivity (Wildman–Crippen MR) is 65.3 cm³/mol. The minimum atomic E-state index is -4.23. The summed E-state index contributed by atoms with van der Waals surface area (Å²) in [6, 6.07) is 8.64. The zero-order valence-electron chi connectivity index (χ0n) is 9.93. The van der Waals surface area contributed by atoms with Gasteiger partial charge in [-0.3, -0.25) is 14.6 Å². The number of benzene rings is 1. The summed E-state index contributed by atoms with van der Waals surface area (Å²) in [6.45, 7) is 0. The molecule has 0 aromatic heterocycles. The van der Waals surface area contributed by atoms with Gasteiger partial charge in [0.1, 0.15) is 0 Å². The minimum Gasteiger partial charge on any atom is -0.324 e. The van der Waals surface area contributed by atoms with Crippen LogP contribution < -0.4 is 0 Å². The molecule has 1 unspecified atom stereocenters. The van der Waals surface area contributed by atoms with Crippen LogP contribution in [0.4, 0.5) is 0 Å². The lowest BCUT2D eigenvalue weighted by molar-refractivity contribution is -0.159. The van der Waals surface area contributed by atoms with Gasteiger partial charge in [-0.15, -0.1) is 0 Å². The summed E-state index contributed by atoms with van der Waals surface area (Å²) >= 11 is 0. The molecule has 1 amide bonds. The molecule has 0 saturated heterocycles. The molecule has 1 aromatic rings. The van der Waals surface area contributed by atoms with Crippen molar-refractivity contribution in [3.05, 3.63) is 35.9 Å². The van der Waals surface area contributed by atoms with Gasteiger partial charge in [0.2, 0.25) is 5.91 Å².